The molecule has 0 saturated heterocycles. The molecule has 0 bridgehead atoms. The lowest BCUT2D eigenvalue weighted by Crippen LogP contribution is -1.84. The Morgan fingerprint density at radius 1 is 1.00 bits per heavy atom. The van der Waals surface area contributed by atoms with Crippen molar-refractivity contribution in [1.82, 2.24) is 4.98 Å². The molecule has 17 heavy (non-hydrogen) atoms. The van der Waals surface area contributed by atoms with Crippen molar-refractivity contribution in [2.75, 3.05) is 0 Å². The highest BCUT2D eigenvalue weighted by molar-refractivity contribution is 5.83. The van der Waals surface area contributed by atoms with Crippen LogP contribution in [0.15, 0.2) is 43.1 Å². The lowest BCUT2D eigenvalue weighted by atomic mass is 10.1. The molecule has 1 heteroatoms. The summed E-state index contributed by atoms with van der Waals surface area (Å²) in [7, 11) is 0. The van der Waals surface area contributed by atoms with Crippen molar-refractivity contribution in [3.8, 4) is 0 Å². The second-order valence-electron chi connectivity index (χ2n) is 3.20. The first-order chi connectivity index (χ1) is 8.27. The van der Waals surface area contributed by atoms with E-state index in [2.05, 4.69) is 29.8 Å². The molecule has 0 aliphatic heterocycles. The van der Waals surface area contributed by atoms with Gasteiger partial charge in [0.25, 0.3) is 0 Å². The van der Waals surface area contributed by atoms with Crippen LogP contribution in [0.3, 0.4) is 0 Å². The molecule has 1 nitrogen and oxygen atoms in total. The first-order valence-corrected chi connectivity index (χ1v) is 6.28. The fraction of sp³-hybridized carbons (Fsp3) is 0.312. The van der Waals surface area contributed by atoms with Crippen molar-refractivity contribution in [3.63, 3.8) is 0 Å². The maximum Gasteiger partial charge on any atom is 0.0659 e. The number of benzene rings is 1. The lowest BCUT2D eigenvalue weighted by molar-refractivity contribution is 1.30. The summed E-state index contributed by atoms with van der Waals surface area (Å²) < 4.78 is 0. The molecule has 0 saturated carbocycles. The van der Waals surface area contributed by atoms with Gasteiger partial charge < -0.3 is 0 Å². The molecule has 0 fully saturated rings. The van der Waals surface area contributed by atoms with E-state index in [4.69, 9.17) is 0 Å². The molecule has 0 aliphatic rings. The van der Waals surface area contributed by atoms with Crippen LogP contribution >= 0.6 is 0 Å². The molecule has 2 rings (SSSR count). The lowest BCUT2D eigenvalue weighted by Gasteiger charge is -2.00. The zero-order chi connectivity index (χ0) is 13.3. The molecule has 0 N–H and O–H groups in total. The number of aromatic nitrogens is 1. The van der Waals surface area contributed by atoms with Gasteiger partial charge in [-0.2, -0.15) is 0 Å². The summed E-state index contributed by atoms with van der Waals surface area (Å²) in [6.07, 6.45) is 1.89. The van der Waals surface area contributed by atoms with Crippen LogP contribution in [-0.2, 0) is 0 Å². The zero-order valence-corrected chi connectivity index (χ0v) is 11.6. The van der Waals surface area contributed by atoms with E-state index in [1.165, 1.54) is 10.8 Å². The second kappa shape index (κ2) is 8.51. The van der Waals surface area contributed by atoms with Crippen LogP contribution in [0.5, 0.6) is 0 Å². The van der Waals surface area contributed by atoms with Crippen molar-refractivity contribution in [2.45, 2.75) is 34.6 Å². The first-order valence-electron chi connectivity index (χ1n) is 6.28. The minimum Gasteiger partial charge on any atom is -0.256 e. The van der Waals surface area contributed by atoms with Crippen LogP contribution in [0.25, 0.3) is 16.3 Å². The van der Waals surface area contributed by atoms with Crippen molar-refractivity contribution < 1.29 is 0 Å². The summed E-state index contributed by atoms with van der Waals surface area (Å²) in [5, 5.41) is 2.39. The van der Waals surface area contributed by atoms with E-state index in [0.29, 0.717) is 0 Å². The number of nitrogens with zero attached hydrogens (tertiary/aromatic N) is 1. The van der Waals surface area contributed by atoms with Gasteiger partial charge in [0.05, 0.1) is 5.69 Å². The molecular formula is C16H23N. The normalized spacial score (nSPS) is 8.53. The highest BCUT2D eigenvalue weighted by Gasteiger charge is 1.96. The molecule has 0 aliphatic carbocycles. The standard InChI is InChI=1S/C12H11N.2C2H6/c1-9(2)12-7-10-5-3-4-6-11(10)8-13-12;2*1-2/h3-8H,1H2,2H3;2*1-2H3. The fourth-order valence-electron chi connectivity index (χ4n) is 1.32. The Kier molecular flexibility index (Phi) is 7.70. The van der Waals surface area contributed by atoms with E-state index in [0.717, 1.165) is 11.3 Å². The maximum absolute atomic E-state index is 4.31. The molecule has 1 aromatic heterocycles. The molecule has 0 atom stereocenters. The van der Waals surface area contributed by atoms with E-state index < -0.39 is 0 Å². The van der Waals surface area contributed by atoms with E-state index in [-0.39, 0.29) is 0 Å². The number of pyridine rings is 1. The van der Waals surface area contributed by atoms with Gasteiger partial charge in [-0.05, 0) is 23.9 Å². The van der Waals surface area contributed by atoms with Crippen molar-refractivity contribution in [1.29, 1.82) is 0 Å². The SMILES string of the molecule is C=C(C)c1cc2ccccc2cn1.CC.CC. The van der Waals surface area contributed by atoms with Gasteiger partial charge in [0.1, 0.15) is 0 Å². The zero-order valence-electron chi connectivity index (χ0n) is 11.6. The smallest absolute Gasteiger partial charge is 0.0659 e. The summed E-state index contributed by atoms with van der Waals surface area (Å²) in [6, 6.07) is 10.3. The average molecular weight is 229 g/mol. The highest BCUT2D eigenvalue weighted by atomic mass is 14.7. The molecule has 92 valence electrons. The second-order valence-corrected chi connectivity index (χ2v) is 3.20. The molecule has 1 heterocycles. The van der Waals surface area contributed by atoms with Crippen molar-refractivity contribution in [3.05, 3.63) is 48.8 Å². The first kappa shape index (κ1) is 15.4. The predicted octanol–water partition coefficient (Wildman–Crippen LogP) is 5.32. The van der Waals surface area contributed by atoms with Gasteiger partial charge in [-0.1, -0.05) is 58.5 Å². The fourth-order valence-corrected chi connectivity index (χ4v) is 1.32. The van der Waals surface area contributed by atoms with Crippen LogP contribution in [0.1, 0.15) is 40.3 Å². The Morgan fingerprint density at radius 2 is 1.53 bits per heavy atom. The van der Waals surface area contributed by atoms with Gasteiger partial charge in [-0.25, -0.2) is 0 Å². The van der Waals surface area contributed by atoms with Crippen LogP contribution < -0.4 is 0 Å². The Morgan fingerprint density at radius 3 is 2.06 bits per heavy atom. The van der Waals surface area contributed by atoms with E-state index in [1.807, 2.05) is 52.9 Å². The average Bonchev–Trinajstić information content (AvgIpc) is 2.42. The Labute approximate surface area is 105 Å². The quantitative estimate of drug-likeness (QED) is 0.645. The Bertz CT molecular complexity index is 458. The van der Waals surface area contributed by atoms with E-state index >= 15 is 0 Å². The minimum atomic E-state index is 0.971. The number of rotatable bonds is 1. The van der Waals surface area contributed by atoms with Crippen molar-refractivity contribution in [2.24, 2.45) is 0 Å². The summed E-state index contributed by atoms with van der Waals surface area (Å²) in [4.78, 5) is 4.31. The third-order valence-electron chi connectivity index (χ3n) is 2.07. The van der Waals surface area contributed by atoms with Crippen LogP contribution in [0.2, 0.25) is 0 Å². The van der Waals surface area contributed by atoms with Gasteiger partial charge in [0, 0.05) is 11.6 Å². The topological polar surface area (TPSA) is 12.9 Å². The van der Waals surface area contributed by atoms with Gasteiger partial charge in [0.15, 0.2) is 0 Å². The summed E-state index contributed by atoms with van der Waals surface area (Å²) >= 11 is 0. The third kappa shape index (κ3) is 4.39. The van der Waals surface area contributed by atoms with E-state index in [1.54, 1.807) is 0 Å². The van der Waals surface area contributed by atoms with Gasteiger partial charge in [-0.15, -0.1) is 0 Å². The number of allylic oxidation sites excluding steroid dienone is 1. The largest absolute Gasteiger partial charge is 0.256 e. The summed E-state index contributed by atoms with van der Waals surface area (Å²) in [6.45, 7) is 13.8. The summed E-state index contributed by atoms with van der Waals surface area (Å²) in [5.74, 6) is 0. The van der Waals surface area contributed by atoms with Crippen LogP contribution in [-0.4, -0.2) is 4.98 Å². The van der Waals surface area contributed by atoms with Crippen LogP contribution in [0.4, 0.5) is 0 Å². The number of hydrogen-bond acceptors (Lipinski definition) is 1. The van der Waals surface area contributed by atoms with Gasteiger partial charge in [0.2, 0.25) is 0 Å². The Hall–Kier alpha value is -1.63. The van der Waals surface area contributed by atoms with Gasteiger partial charge >= 0.3 is 0 Å². The molecule has 1 aromatic carbocycles. The monoisotopic (exact) mass is 229 g/mol. The summed E-state index contributed by atoms with van der Waals surface area (Å²) in [5.41, 5.74) is 1.98. The third-order valence-corrected chi connectivity index (χ3v) is 2.07. The molecule has 0 unspecified atom stereocenters. The molecule has 0 amide bonds. The van der Waals surface area contributed by atoms with Crippen molar-refractivity contribution >= 4 is 16.3 Å². The predicted molar refractivity (Wildman–Crippen MR) is 79.1 cm³/mol. The van der Waals surface area contributed by atoms with E-state index in [9.17, 15) is 0 Å². The minimum absolute atomic E-state index is 0.971. The number of fused-ring (bicyclic) bond motifs is 1. The Balaban J connectivity index is 0.000000581. The molecular weight excluding hydrogens is 206 g/mol. The highest BCUT2D eigenvalue weighted by Crippen LogP contribution is 2.16. The maximum atomic E-state index is 4.31. The number of hydrogen-bond donors (Lipinski definition) is 0. The van der Waals surface area contributed by atoms with Gasteiger partial charge in [-0.3, -0.25) is 4.98 Å². The molecule has 0 spiro atoms. The molecule has 0 radical (unpaired) electrons. The molecule has 2 aromatic rings. The van der Waals surface area contributed by atoms with Crippen LogP contribution in [0, 0.1) is 0 Å².